The fourth-order valence-electron chi connectivity index (χ4n) is 1.05. The van der Waals surface area contributed by atoms with Gasteiger partial charge in [-0.1, -0.05) is 0 Å². The lowest BCUT2D eigenvalue weighted by molar-refractivity contribution is 0.0236. The molecule has 0 fully saturated rings. The second kappa shape index (κ2) is 4.93. The molecule has 0 saturated heterocycles. The molecular weight excluding hydrogens is 234 g/mol. The van der Waals surface area contributed by atoms with Crippen LogP contribution >= 0.6 is 0 Å². The summed E-state index contributed by atoms with van der Waals surface area (Å²) in [4.78, 5) is 11.9. The van der Waals surface area contributed by atoms with Crippen molar-refractivity contribution < 1.29 is 9.84 Å². The van der Waals surface area contributed by atoms with Gasteiger partial charge < -0.3 is 20.9 Å². The van der Waals surface area contributed by atoms with Crippen LogP contribution in [0.15, 0.2) is 0 Å². The zero-order valence-electron chi connectivity index (χ0n) is 11.5. The first-order valence-corrected chi connectivity index (χ1v) is 5.80. The monoisotopic (exact) mass is 255 g/mol. The molecule has 1 rings (SSSR count). The van der Waals surface area contributed by atoms with E-state index < -0.39 is 11.1 Å². The van der Waals surface area contributed by atoms with E-state index in [1.807, 2.05) is 20.8 Å². The highest BCUT2D eigenvalue weighted by Crippen LogP contribution is 2.25. The highest BCUT2D eigenvalue weighted by molar-refractivity contribution is 5.36. The van der Waals surface area contributed by atoms with Gasteiger partial charge in [-0.05, 0) is 34.6 Å². The van der Waals surface area contributed by atoms with Gasteiger partial charge in [-0.15, -0.1) is 0 Å². The lowest BCUT2D eigenvalue weighted by Crippen LogP contribution is -2.51. The van der Waals surface area contributed by atoms with Gasteiger partial charge in [0.2, 0.25) is 11.9 Å². The van der Waals surface area contributed by atoms with Crippen molar-refractivity contribution in [2.75, 3.05) is 17.7 Å². The van der Waals surface area contributed by atoms with Gasteiger partial charge in [0.05, 0.1) is 17.7 Å². The van der Waals surface area contributed by atoms with Gasteiger partial charge in [0, 0.05) is 0 Å². The zero-order valence-corrected chi connectivity index (χ0v) is 11.5. The summed E-state index contributed by atoms with van der Waals surface area (Å²) in [6.45, 7) is 9.36. The average Bonchev–Trinajstić information content (AvgIpc) is 2.13. The molecular formula is C11H21N5O2. The summed E-state index contributed by atoms with van der Waals surface area (Å²) < 4.78 is 5.18. The number of nitrogen functional groups attached to an aromatic ring is 1. The van der Waals surface area contributed by atoms with Crippen molar-refractivity contribution in [3.8, 4) is 6.01 Å². The summed E-state index contributed by atoms with van der Waals surface area (Å²) >= 11 is 0. The Morgan fingerprint density at radius 2 is 1.83 bits per heavy atom. The highest BCUT2D eigenvalue weighted by Gasteiger charge is 2.35. The minimum atomic E-state index is -0.958. The maximum absolute atomic E-state index is 10.1. The predicted octanol–water partition coefficient (Wildman–Crippen LogP) is 0.814. The maximum Gasteiger partial charge on any atom is 0.323 e. The lowest BCUT2D eigenvalue weighted by atomic mass is 9.86. The van der Waals surface area contributed by atoms with E-state index in [4.69, 9.17) is 10.5 Å². The molecule has 0 aliphatic carbocycles. The van der Waals surface area contributed by atoms with Crippen molar-refractivity contribution in [2.24, 2.45) is 0 Å². The standard InChI is InChI=1S/C11H21N5O2/c1-6-18-9-14-7(12)13-8(15-9)16-10(2,3)11(4,5)17/h17H,6H2,1-5H3,(H3,12,13,14,15,16). The normalized spacial score (nSPS) is 12.3. The lowest BCUT2D eigenvalue weighted by Gasteiger charge is -2.37. The minimum absolute atomic E-state index is 0.0718. The molecule has 0 amide bonds. The molecule has 0 aliphatic rings. The van der Waals surface area contributed by atoms with E-state index in [1.165, 1.54) is 0 Å². The van der Waals surface area contributed by atoms with Crippen LogP contribution in [0.1, 0.15) is 34.6 Å². The fraction of sp³-hybridized carbons (Fsp3) is 0.727. The van der Waals surface area contributed by atoms with Crippen LogP contribution in [0.2, 0.25) is 0 Å². The molecule has 0 bridgehead atoms. The predicted molar refractivity (Wildman–Crippen MR) is 69.4 cm³/mol. The van der Waals surface area contributed by atoms with Gasteiger partial charge in [-0.3, -0.25) is 0 Å². The van der Waals surface area contributed by atoms with Crippen LogP contribution in [0.5, 0.6) is 6.01 Å². The molecule has 0 aromatic carbocycles. The summed E-state index contributed by atoms with van der Waals surface area (Å²) in [6.07, 6.45) is 0. The summed E-state index contributed by atoms with van der Waals surface area (Å²) in [5, 5.41) is 13.1. The molecule has 0 unspecified atom stereocenters. The fourth-order valence-corrected chi connectivity index (χ4v) is 1.05. The molecule has 7 nitrogen and oxygen atoms in total. The van der Waals surface area contributed by atoms with Gasteiger partial charge in [0.15, 0.2) is 0 Å². The number of ether oxygens (including phenoxy) is 1. The molecule has 4 N–H and O–H groups in total. The van der Waals surface area contributed by atoms with Crippen LogP contribution < -0.4 is 15.8 Å². The Labute approximate surface area is 107 Å². The molecule has 0 spiro atoms. The van der Waals surface area contributed by atoms with E-state index >= 15 is 0 Å². The van der Waals surface area contributed by atoms with Crippen LogP contribution in [0.4, 0.5) is 11.9 Å². The number of nitrogens with two attached hydrogens (primary N) is 1. The quantitative estimate of drug-likeness (QED) is 0.714. The minimum Gasteiger partial charge on any atom is -0.464 e. The van der Waals surface area contributed by atoms with Crippen molar-refractivity contribution in [1.82, 2.24) is 15.0 Å². The zero-order chi connectivity index (χ0) is 14.0. The van der Waals surface area contributed by atoms with Crippen LogP contribution in [0.3, 0.4) is 0 Å². The molecule has 0 radical (unpaired) electrons. The first kappa shape index (κ1) is 14.4. The van der Waals surface area contributed by atoms with Gasteiger partial charge in [0.25, 0.3) is 0 Å². The molecule has 0 saturated carbocycles. The molecule has 7 heteroatoms. The van der Waals surface area contributed by atoms with Gasteiger partial charge in [-0.2, -0.15) is 15.0 Å². The third-order valence-corrected chi connectivity index (χ3v) is 2.86. The molecule has 102 valence electrons. The Morgan fingerprint density at radius 3 is 2.33 bits per heavy atom. The Hall–Kier alpha value is -1.63. The first-order chi connectivity index (χ1) is 8.15. The number of hydrogen-bond donors (Lipinski definition) is 3. The number of aliphatic hydroxyl groups is 1. The van der Waals surface area contributed by atoms with E-state index in [0.29, 0.717) is 6.61 Å². The number of nitrogens with zero attached hydrogens (tertiary/aromatic N) is 3. The van der Waals surface area contributed by atoms with Crippen molar-refractivity contribution in [1.29, 1.82) is 0 Å². The van der Waals surface area contributed by atoms with Crippen molar-refractivity contribution >= 4 is 11.9 Å². The second-order valence-electron chi connectivity index (χ2n) is 5.04. The molecule has 18 heavy (non-hydrogen) atoms. The number of rotatable bonds is 5. The molecule has 1 heterocycles. The SMILES string of the molecule is CCOc1nc(N)nc(NC(C)(C)C(C)(C)O)n1. The summed E-state index contributed by atoms with van der Waals surface area (Å²) in [7, 11) is 0. The Morgan fingerprint density at radius 1 is 1.22 bits per heavy atom. The highest BCUT2D eigenvalue weighted by atomic mass is 16.5. The van der Waals surface area contributed by atoms with Crippen molar-refractivity contribution in [3.63, 3.8) is 0 Å². The van der Waals surface area contributed by atoms with Crippen LogP contribution in [-0.2, 0) is 0 Å². The van der Waals surface area contributed by atoms with Crippen molar-refractivity contribution in [3.05, 3.63) is 0 Å². The van der Waals surface area contributed by atoms with E-state index in [1.54, 1.807) is 13.8 Å². The topological polar surface area (TPSA) is 106 Å². The van der Waals surface area contributed by atoms with Gasteiger partial charge in [-0.25, -0.2) is 0 Å². The number of anilines is 2. The van der Waals surface area contributed by atoms with E-state index in [0.717, 1.165) is 0 Å². The maximum atomic E-state index is 10.1. The Bertz CT molecular complexity index is 414. The van der Waals surface area contributed by atoms with E-state index in [9.17, 15) is 5.11 Å². The Balaban J connectivity index is 2.97. The number of hydrogen-bond acceptors (Lipinski definition) is 7. The molecule has 1 aromatic rings. The summed E-state index contributed by atoms with van der Waals surface area (Å²) in [5.74, 6) is 0.348. The first-order valence-electron chi connectivity index (χ1n) is 5.80. The third-order valence-electron chi connectivity index (χ3n) is 2.86. The van der Waals surface area contributed by atoms with E-state index in [-0.39, 0.29) is 17.9 Å². The molecule has 1 aromatic heterocycles. The van der Waals surface area contributed by atoms with Gasteiger partial charge in [0.1, 0.15) is 0 Å². The molecule has 0 atom stereocenters. The van der Waals surface area contributed by atoms with Crippen LogP contribution in [-0.4, -0.2) is 37.8 Å². The average molecular weight is 255 g/mol. The Kier molecular flexibility index (Phi) is 3.95. The summed E-state index contributed by atoms with van der Waals surface area (Å²) in [5.41, 5.74) is 3.98. The van der Waals surface area contributed by atoms with Crippen LogP contribution in [0.25, 0.3) is 0 Å². The second-order valence-corrected chi connectivity index (χ2v) is 5.04. The molecule has 0 aliphatic heterocycles. The number of aromatic nitrogens is 3. The van der Waals surface area contributed by atoms with E-state index in [2.05, 4.69) is 20.3 Å². The third kappa shape index (κ3) is 3.43. The number of nitrogens with one attached hydrogen (secondary N) is 1. The largest absolute Gasteiger partial charge is 0.464 e. The summed E-state index contributed by atoms with van der Waals surface area (Å²) in [6, 6.07) is 0.166. The smallest absolute Gasteiger partial charge is 0.323 e. The van der Waals surface area contributed by atoms with Crippen molar-refractivity contribution in [2.45, 2.75) is 45.8 Å². The van der Waals surface area contributed by atoms with Crippen LogP contribution in [0, 0.1) is 0 Å². The van der Waals surface area contributed by atoms with Gasteiger partial charge >= 0.3 is 6.01 Å².